The van der Waals surface area contributed by atoms with Crippen LogP contribution in [0.5, 0.6) is 0 Å². The third kappa shape index (κ3) is 4.98. The topological polar surface area (TPSA) is 102 Å². The van der Waals surface area contributed by atoms with Crippen LogP contribution in [0, 0.1) is 0 Å². The Morgan fingerprint density at radius 3 is 2.71 bits per heavy atom. The summed E-state index contributed by atoms with van der Waals surface area (Å²) in [6.45, 7) is -0.556. The van der Waals surface area contributed by atoms with Crippen LogP contribution in [0.1, 0.15) is 12.0 Å². The van der Waals surface area contributed by atoms with Crippen LogP contribution in [-0.4, -0.2) is 23.6 Å². The van der Waals surface area contributed by atoms with Crippen molar-refractivity contribution in [2.24, 2.45) is 0 Å². The number of hydrogen-bond donors (Lipinski definition) is 3. The maximum absolute atomic E-state index is 11.2. The van der Waals surface area contributed by atoms with E-state index in [1.165, 1.54) is 0 Å². The molecule has 0 saturated carbocycles. The van der Waals surface area contributed by atoms with Crippen LogP contribution in [0.3, 0.4) is 0 Å². The van der Waals surface area contributed by atoms with Gasteiger partial charge in [0.2, 0.25) is 5.91 Å². The number of aliphatic carboxylic acids is 1. The van der Waals surface area contributed by atoms with Crippen molar-refractivity contribution in [2.45, 2.75) is 12.8 Å². The maximum atomic E-state index is 11.2. The van der Waals surface area contributed by atoms with Gasteiger partial charge in [-0.05, 0) is 18.1 Å². The lowest BCUT2D eigenvalue weighted by Crippen LogP contribution is -2.26. The van der Waals surface area contributed by atoms with E-state index in [9.17, 15) is 9.59 Å². The number of aryl methyl sites for hydroxylation is 1. The molecule has 17 heavy (non-hydrogen) atoms. The van der Waals surface area contributed by atoms with Gasteiger partial charge in [-0.25, -0.2) is 10.3 Å². The molecule has 1 aromatic rings. The number of anilines is 1. The average molecular weight is 238 g/mol. The van der Waals surface area contributed by atoms with E-state index in [1.807, 2.05) is 23.7 Å². The summed E-state index contributed by atoms with van der Waals surface area (Å²) in [5.41, 5.74) is 9.26. The summed E-state index contributed by atoms with van der Waals surface area (Å²) in [4.78, 5) is 25.8. The molecule has 1 rings (SSSR count). The van der Waals surface area contributed by atoms with Crippen LogP contribution in [0.15, 0.2) is 24.3 Å². The number of nitrogens with one attached hydrogen (secondary N) is 1. The van der Waals surface area contributed by atoms with Gasteiger partial charge < -0.3 is 10.8 Å². The molecule has 0 bridgehead atoms. The van der Waals surface area contributed by atoms with Crippen molar-refractivity contribution in [3.8, 4) is 0 Å². The molecule has 0 atom stereocenters. The van der Waals surface area contributed by atoms with E-state index in [-0.39, 0.29) is 12.3 Å². The predicted molar refractivity (Wildman–Crippen MR) is 60.9 cm³/mol. The van der Waals surface area contributed by atoms with Gasteiger partial charge in [-0.15, -0.1) is 0 Å². The molecule has 0 spiro atoms. The molecule has 0 aliphatic carbocycles. The predicted octanol–water partition coefficient (Wildman–Crippen LogP) is 0.334. The quantitative estimate of drug-likeness (QED) is 0.489. The lowest BCUT2D eigenvalue weighted by Gasteiger charge is -2.05. The Morgan fingerprint density at radius 1 is 1.35 bits per heavy atom. The first kappa shape index (κ1) is 13.0. The normalized spacial score (nSPS) is 9.88. The molecule has 0 fully saturated rings. The molecule has 0 radical (unpaired) electrons. The Bertz CT molecular complexity index is 406. The summed E-state index contributed by atoms with van der Waals surface area (Å²) >= 11 is 0. The number of rotatable bonds is 6. The van der Waals surface area contributed by atoms with Crippen molar-refractivity contribution < 1.29 is 19.5 Å². The molecule has 0 aliphatic heterocycles. The number of hydroxylamine groups is 1. The third-order valence-electron chi connectivity index (χ3n) is 2.06. The zero-order chi connectivity index (χ0) is 12.7. The first-order valence-corrected chi connectivity index (χ1v) is 5.05. The lowest BCUT2D eigenvalue weighted by atomic mass is 10.1. The van der Waals surface area contributed by atoms with Crippen molar-refractivity contribution in [1.82, 2.24) is 5.48 Å². The van der Waals surface area contributed by atoms with Crippen molar-refractivity contribution in [2.75, 3.05) is 12.3 Å². The van der Waals surface area contributed by atoms with Gasteiger partial charge in [0.15, 0.2) is 6.61 Å². The highest BCUT2D eigenvalue weighted by molar-refractivity contribution is 5.75. The largest absolute Gasteiger partial charge is 0.479 e. The fourth-order valence-corrected chi connectivity index (χ4v) is 1.24. The Morgan fingerprint density at radius 2 is 2.06 bits per heavy atom. The fourth-order valence-electron chi connectivity index (χ4n) is 1.24. The van der Waals surface area contributed by atoms with E-state index in [1.54, 1.807) is 6.07 Å². The minimum atomic E-state index is -1.14. The van der Waals surface area contributed by atoms with Gasteiger partial charge in [0, 0.05) is 12.1 Å². The van der Waals surface area contributed by atoms with Crippen LogP contribution >= 0.6 is 0 Å². The summed E-state index contributed by atoms with van der Waals surface area (Å²) in [6.07, 6.45) is 0.669. The number of carboxylic acids is 1. The summed E-state index contributed by atoms with van der Waals surface area (Å²) < 4.78 is 0. The number of para-hydroxylation sites is 1. The first-order chi connectivity index (χ1) is 8.09. The SMILES string of the molecule is Nc1ccccc1CCC(=O)NOCC(=O)O. The summed E-state index contributed by atoms with van der Waals surface area (Å²) in [5.74, 6) is -1.52. The van der Waals surface area contributed by atoms with Gasteiger partial charge in [-0.1, -0.05) is 18.2 Å². The molecule has 0 heterocycles. The van der Waals surface area contributed by atoms with Gasteiger partial charge in [0.25, 0.3) is 0 Å². The number of nitrogen functional groups attached to an aromatic ring is 1. The second kappa shape index (κ2) is 6.49. The van der Waals surface area contributed by atoms with Crippen molar-refractivity contribution >= 4 is 17.6 Å². The average Bonchev–Trinajstić information content (AvgIpc) is 2.27. The van der Waals surface area contributed by atoms with E-state index in [0.717, 1.165) is 5.56 Å². The van der Waals surface area contributed by atoms with Crippen molar-refractivity contribution in [3.05, 3.63) is 29.8 Å². The highest BCUT2D eigenvalue weighted by Crippen LogP contribution is 2.12. The van der Waals surface area contributed by atoms with E-state index in [4.69, 9.17) is 10.8 Å². The standard InChI is InChI=1S/C11H14N2O4/c12-9-4-2-1-3-8(9)5-6-10(14)13-17-7-11(15)16/h1-4H,5-7,12H2,(H,13,14)(H,15,16). The summed E-state index contributed by atoms with van der Waals surface area (Å²) in [7, 11) is 0. The molecule has 0 saturated heterocycles. The Hall–Kier alpha value is -2.08. The number of carbonyl (C=O) groups is 2. The number of amides is 1. The molecule has 0 aliphatic rings. The molecule has 92 valence electrons. The number of carbonyl (C=O) groups excluding carboxylic acids is 1. The van der Waals surface area contributed by atoms with Crippen molar-refractivity contribution in [1.29, 1.82) is 0 Å². The van der Waals surface area contributed by atoms with E-state index in [2.05, 4.69) is 4.84 Å². The molecular formula is C11H14N2O4. The van der Waals surface area contributed by atoms with Gasteiger partial charge in [0.05, 0.1) is 0 Å². The second-order valence-corrected chi connectivity index (χ2v) is 3.41. The van der Waals surface area contributed by atoms with Crippen LogP contribution in [0.4, 0.5) is 5.69 Å². The molecule has 0 aromatic heterocycles. The highest BCUT2D eigenvalue weighted by Gasteiger charge is 2.05. The van der Waals surface area contributed by atoms with E-state index in [0.29, 0.717) is 12.1 Å². The minimum Gasteiger partial charge on any atom is -0.479 e. The fraction of sp³-hybridized carbons (Fsp3) is 0.273. The van der Waals surface area contributed by atoms with E-state index >= 15 is 0 Å². The Labute approximate surface area is 98.3 Å². The van der Waals surface area contributed by atoms with Gasteiger partial charge in [-0.2, -0.15) is 0 Å². The highest BCUT2D eigenvalue weighted by atomic mass is 16.7. The smallest absolute Gasteiger partial charge is 0.332 e. The number of benzene rings is 1. The molecule has 1 amide bonds. The molecule has 4 N–H and O–H groups in total. The molecule has 6 nitrogen and oxygen atoms in total. The van der Waals surface area contributed by atoms with Crippen LogP contribution in [-0.2, 0) is 20.8 Å². The number of carboxylic acid groups (broad SMARTS) is 1. The van der Waals surface area contributed by atoms with E-state index < -0.39 is 12.6 Å². The number of nitrogens with two attached hydrogens (primary N) is 1. The molecule has 0 unspecified atom stereocenters. The molecular weight excluding hydrogens is 224 g/mol. The summed E-state index contributed by atoms with van der Waals surface area (Å²) in [5, 5.41) is 8.28. The molecule has 6 heteroatoms. The van der Waals surface area contributed by atoms with Crippen LogP contribution in [0.2, 0.25) is 0 Å². The van der Waals surface area contributed by atoms with Gasteiger partial charge in [0.1, 0.15) is 0 Å². The maximum Gasteiger partial charge on any atom is 0.332 e. The van der Waals surface area contributed by atoms with Gasteiger partial charge in [-0.3, -0.25) is 9.63 Å². The zero-order valence-electron chi connectivity index (χ0n) is 9.18. The first-order valence-electron chi connectivity index (χ1n) is 5.05. The van der Waals surface area contributed by atoms with Crippen molar-refractivity contribution in [3.63, 3.8) is 0 Å². The molecule has 1 aromatic carbocycles. The third-order valence-corrected chi connectivity index (χ3v) is 2.06. The van der Waals surface area contributed by atoms with Gasteiger partial charge >= 0.3 is 5.97 Å². The Kier molecular flexibility index (Phi) is 4.96. The summed E-state index contributed by atoms with van der Waals surface area (Å²) in [6, 6.07) is 7.24. The van der Waals surface area contributed by atoms with Crippen LogP contribution < -0.4 is 11.2 Å². The number of hydrogen-bond acceptors (Lipinski definition) is 4. The lowest BCUT2D eigenvalue weighted by molar-refractivity contribution is -0.149. The zero-order valence-corrected chi connectivity index (χ0v) is 9.18. The monoisotopic (exact) mass is 238 g/mol. The Balaban J connectivity index is 2.29. The second-order valence-electron chi connectivity index (χ2n) is 3.41. The minimum absolute atomic E-state index is 0.188. The van der Waals surface area contributed by atoms with Crippen LogP contribution in [0.25, 0.3) is 0 Å².